The summed E-state index contributed by atoms with van der Waals surface area (Å²) < 4.78 is 4.50. The minimum atomic E-state index is 0.994. The summed E-state index contributed by atoms with van der Waals surface area (Å²) in [6.45, 7) is 0. The van der Waals surface area contributed by atoms with Crippen molar-refractivity contribution in [2.45, 2.75) is 0 Å². The molecule has 0 spiro atoms. The van der Waals surface area contributed by atoms with E-state index in [0.29, 0.717) is 0 Å². The molecule has 0 saturated carbocycles. The Kier molecular flexibility index (Phi) is 3.08. The van der Waals surface area contributed by atoms with E-state index in [9.17, 15) is 0 Å². The Labute approximate surface area is 126 Å². The van der Waals surface area contributed by atoms with Gasteiger partial charge in [0.1, 0.15) is 15.0 Å². The molecule has 2 nitrogen and oxygen atoms in total. The highest BCUT2D eigenvalue weighted by Gasteiger charge is 2.10. The summed E-state index contributed by atoms with van der Waals surface area (Å²) in [4.78, 5) is 4.68. The van der Waals surface area contributed by atoms with Gasteiger partial charge in [-0.05, 0) is 57.3 Å². The zero-order chi connectivity index (χ0) is 11.8. The van der Waals surface area contributed by atoms with Crippen molar-refractivity contribution < 1.29 is 0 Å². The Morgan fingerprint density at radius 2 is 1.71 bits per heavy atom. The first kappa shape index (κ1) is 11.5. The summed E-state index contributed by atoms with van der Waals surface area (Å²) in [5, 5.41) is 0. The van der Waals surface area contributed by atoms with Crippen molar-refractivity contribution in [3.63, 3.8) is 0 Å². The molecule has 1 aromatic carbocycles. The minimum Gasteiger partial charge on any atom is -0.293 e. The summed E-state index contributed by atoms with van der Waals surface area (Å²) in [7, 11) is 0. The lowest BCUT2D eigenvalue weighted by Crippen LogP contribution is -1.88. The Bertz CT molecular complexity index is 674. The average molecular weight is 446 g/mol. The molecule has 17 heavy (non-hydrogen) atoms. The van der Waals surface area contributed by atoms with Crippen LogP contribution in [0.25, 0.3) is 16.9 Å². The Morgan fingerprint density at radius 3 is 2.47 bits per heavy atom. The van der Waals surface area contributed by atoms with Gasteiger partial charge in [0.05, 0.1) is 0 Å². The van der Waals surface area contributed by atoms with Crippen molar-refractivity contribution in [3.05, 3.63) is 55.9 Å². The number of hydrogen-bond acceptors (Lipinski definition) is 1. The lowest BCUT2D eigenvalue weighted by Gasteiger charge is -1.97. The van der Waals surface area contributed by atoms with Gasteiger partial charge in [0.2, 0.25) is 0 Å². The van der Waals surface area contributed by atoms with Crippen LogP contribution in [0.1, 0.15) is 0 Å². The molecule has 3 rings (SSSR count). The predicted molar refractivity (Wildman–Crippen MR) is 86.1 cm³/mol. The lowest BCUT2D eigenvalue weighted by molar-refractivity contribution is 1.14. The second kappa shape index (κ2) is 4.56. The summed E-state index contributed by atoms with van der Waals surface area (Å²) in [6.07, 6.45) is 2.11. The first-order chi connectivity index (χ1) is 8.25. The van der Waals surface area contributed by atoms with E-state index in [1.165, 1.54) is 3.57 Å². The molecule has 3 aromatic rings. The van der Waals surface area contributed by atoms with E-state index in [1.807, 2.05) is 18.2 Å². The molecule has 84 valence electrons. The Hall–Kier alpha value is -0.630. The number of benzene rings is 1. The van der Waals surface area contributed by atoms with Gasteiger partial charge in [-0.3, -0.25) is 4.40 Å². The SMILES string of the molecule is Ic1ccc2nc(-c3ccccc3)c(I)n2c1. The average Bonchev–Trinajstić information content (AvgIpc) is 2.68. The van der Waals surface area contributed by atoms with Crippen LogP contribution < -0.4 is 0 Å². The molecule has 0 aliphatic rings. The largest absolute Gasteiger partial charge is 0.293 e. The van der Waals surface area contributed by atoms with Crippen LogP contribution in [0.15, 0.2) is 48.7 Å². The van der Waals surface area contributed by atoms with Crippen LogP contribution in [-0.2, 0) is 0 Å². The quantitative estimate of drug-likeness (QED) is 0.513. The Balaban J connectivity index is 2.28. The number of aromatic nitrogens is 2. The van der Waals surface area contributed by atoms with Gasteiger partial charge in [-0.1, -0.05) is 30.3 Å². The third-order valence-corrected chi connectivity index (χ3v) is 4.24. The maximum absolute atomic E-state index is 4.68. The van der Waals surface area contributed by atoms with E-state index in [0.717, 1.165) is 20.6 Å². The summed E-state index contributed by atoms with van der Waals surface area (Å²) in [6, 6.07) is 14.4. The number of imidazole rings is 1. The predicted octanol–water partition coefficient (Wildman–Crippen LogP) is 4.21. The number of fused-ring (bicyclic) bond motifs is 1. The molecule has 4 heteroatoms. The van der Waals surface area contributed by atoms with E-state index < -0.39 is 0 Å². The second-order valence-corrected chi connectivity index (χ2v) is 5.96. The van der Waals surface area contributed by atoms with Crippen molar-refractivity contribution in [2.75, 3.05) is 0 Å². The first-order valence-electron chi connectivity index (χ1n) is 5.14. The molecule has 0 N–H and O–H groups in total. The van der Waals surface area contributed by atoms with E-state index in [4.69, 9.17) is 0 Å². The van der Waals surface area contributed by atoms with Gasteiger partial charge in [0, 0.05) is 15.3 Å². The monoisotopic (exact) mass is 446 g/mol. The molecule has 0 unspecified atom stereocenters. The van der Waals surface area contributed by atoms with Gasteiger partial charge in [0.15, 0.2) is 0 Å². The fourth-order valence-corrected chi connectivity index (χ4v) is 3.05. The number of nitrogens with zero attached hydrogens (tertiary/aromatic N) is 2. The highest BCUT2D eigenvalue weighted by atomic mass is 127. The first-order valence-corrected chi connectivity index (χ1v) is 7.30. The molecule has 0 bridgehead atoms. The smallest absolute Gasteiger partial charge is 0.138 e. The van der Waals surface area contributed by atoms with Crippen molar-refractivity contribution in [3.8, 4) is 11.3 Å². The van der Waals surface area contributed by atoms with Crippen molar-refractivity contribution in [2.24, 2.45) is 0 Å². The molecule has 0 radical (unpaired) electrons. The topological polar surface area (TPSA) is 17.3 Å². The maximum Gasteiger partial charge on any atom is 0.138 e. The van der Waals surface area contributed by atoms with Gasteiger partial charge < -0.3 is 0 Å². The van der Waals surface area contributed by atoms with E-state index in [1.54, 1.807) is 0 Å². The molecule has 2 aromatic heterocycles. The zero-order valence-corrected chi connectivity index (χ0v) is 13.1. The van der Waals surface area contributed by atoms with Crippen LogP contribution in [0.3, 0.4) is 0 Å². The molecule has 2 heterocycles. The summed E-state index contributed by atoms with van der Waals surface area (Å²) >= 11 is 4.67. The van der Waals surface area contributed by atoms with Gasteiger partial charge in [0.25, 0.3) is 0 Å². The molecule has 0 aliphatic heterocycles. The lowest BCUT2D eigenvalue weighted by atomic mass is 10.2. The highest BCUT2D eigenvalue weighted by molar-refractivity contribution is 14.1. The number of hydrogen-bond donors (Lipinski definition) is 0. The normalized spacial score (nSPS) is 10.9. The van der Waals surface area contributed by atoms with Crippen LogP contribution in [-0.4, -0.2) is 9.38 Å². The third kappa shape index (κ3) is 2.08. The zero-order valence-electron chi connectivity index (χ0n) is 8.77. The number of rotatable bonds is 1. The van der Waals surface area contributed by atoms with Gasteiger partial charge >= 0.3 is 0 Å². The van der Waals surface area contributed by atoms with Crippen molar-refractivity contribution in [1.82, 2.24) is 9.38 Å². The van der Waals surface area contributed by atoms with Crippen LogP contribution in [0.4, 0.5) is 0 Å². The number of halogens is 2. The van der Waals surface area contributed by atoms with Crippen LogP contribution in [0.2, 0.25) is 0 Å². The fraction of sp³-hybridized carbons (Fsp3) is 0. The van der Waals surface area contributed by atoms with E-state index in [-0.39, 0.29) is 0 Å². The molecule has 0 amide bonds. The second-order valence-electron chi connectivity index (χ2n) is 3.69. The van der Waals surface area contributed by atoms with Crippen LogP contribution in [0, 0.1) is 7.27 Å². The fourth-order valence-electron chi connectivity index (χ4n) is 1.77. The summed E-state index contributed by atoms with van der Waals surface area (Å²) in [5.74, 6) is 0. The number of pyridine rings is 1. The van der Waals surface area contributed by atoms with E-state index >= 15 is 0 Å². The van der Waals surface area contributed by atoms with Gasteiger partial charge in [-0.15, -0.1) is 0 Å². The van der Waals surface area contributed by atoms with Crippen molar-refractivity contribution >= 4 is 50.8 Å². The molecule has 0 fully saturated rings. The standard InChI is InChI=1S/C13H8I2N2/c14-10-6-7-11-16-12(13(15)17(11)8-10)9-4-2-1-3-5-9/h1-8H. The maximum atomic E-state index is 4.68. The van der Waals surface area contributed by atoms with Crippen LogP contribution >= 0.6 is 45.2 Å². The van der Waals surface area contributed by atoms with Crippen molar-refractivity contribution in [1.29, 1.82) is 0 Å². The highest BCUT2D eigenvalue weighted by Crippen LogP contribution is 2.25. The van der Waals surface area contributed by atoms with E-state index in [2.05, 4.69) is 85.0 Å². The molecule has 0 atom stereocenters. The minimum absolute atomic E-state index is 0.994. The molecular weight excluding hydrogens is 438 g/mol. The van der Waals surface area contributed by atoms with Gasteiger partial charge in [-0.2, -0.15) is 0 Å². The van der Waals surface area contributed by atoms with Crippen LogP contribution in [0.5, 0.6) is 0 Å². The van der Waals surface area contributed by atoms with Gasteiger partial charge in [-0.25, -0.2) is 4.98 Å². The molecule has 0 aliphatic carbocycles. The third-order valence-electron chi connectivity index (χ3n) is 2.57. The molecular formula is C13H8I2N2. The Morgan fingerprint density at radius 1 is 0.941 bits per heavy atom. The summed E-state index contributed by atoms with van der Waals surface area (Å²) in [5.41, 5.74) is 3.21. The molecule has 0 saturated heterocycles.